The lowest BCUT2D eigenvalue weighted by Crippen LogP contribution is -2.56. The van der Waals surface area contributed by atoms with Gasteiger partial charge in [-0.25, -0.2) is 0 Å². The molecule has 2 nitrogen and oxygen atoms in total. The summed E-state index contributed by atoms with van der Waals surface area (Å²) in [6.45, 7) is 6.90. The SMILES string of the molecule is CNC(C)(C)N1CCCC(c2ccccc2)C1. The molecule has 1 unspecified atom stereocenters. The van der Waals surface area contributed by atoms with Crippen LogP contribution in [-0.4, -0.2) is 30.7 Å². The Bertz CT molecular complexity index is 345. The molecule has 1 fully saturated rings. The van der Waals surface area contributed by atoms with E-state index in [4.69, 9.17) is 0 Å². The molecule has 1 aromatic carbocycles. The third kappa shape index (κ3) is 2.88. The first-order valence-electron chi connectivity index (χ1n) is 6.62. The molecule has 1 saturated heterocycles. The van der Waals surface area contributed by atoms with Gasteiger partial charge < -0.3 is 5.32 Å². The predicted molar refractivity (Wildman–Crippen MR) is 73.1 cm³/mol. The van der Waals surface area contributed by atoms with Gasteiger partial charge in [0, 0.05) is 6.54 Å². The molecule has 1 N–H and O–H groups in total. The number of nitrogens with one attached hydrogen (secondary N) is 1. The molecule has 0 bridgehead atoms. The second-order valence-corrected chi connectivity index (χ2v) is 5.50. The van der Waals surface area contributed by atoms with Crippen molar-refractivity contribution in [3.8, 4) is 0 Å². The fourth-order valence-corrected chi connectivity index (χ4v) is 2.64. The lowest BCUT2D eigenvalue weighted by molar-refractivity contribution is 0.0640. The minimum absolute atomic E-state index is 0.105. The van der Waals surface area contributed by atoms with Crippen molar-refractivity contribution in [1.82, 2.24) is 10.2 Å². The first-order valence-corrected chi connectivity index (χ1v) is 6.62. The van der Waals surface area contributed by atoms with Crippen molar-refractivity contribution in [2.75, 3.05) is 20.1 Å². The zero-order valence-corrected chi connectivity index (χ0v) is 11.2. The Kier molecular flexibility index (Phi) is 3.85. The van der Waals surface area contributed by atoms with Gasteiger partial charge in [-0.15, -0.1) is 0 Å². The highest BCUT2D eigenvalue weighted by molar-refractivity contribution is 5.20. The highest BCUT2D eigenvalue weighted by atomic mass is 15.3. The average molecular weight is 232 g/mol. The van der Waals surface area contributed by atoms with Gasteiger partial charge in [0.1, 0.15) is 0 Å². The van der Waals surface area contributed by atoms with Gasteiger partial charge in [0.25, 0.3) is 0 Å². The van der Waals surface area contributed by atoms with Crippen LogP contribution in [0.25, 0.3) is 0 Å². The Labute approximate surface area is 105 Å². The Hall–Kier alpha value is -0.860. The molecule has 2 rings (SSSR count). The van der Waals surface area contributed by atoms with Gasteiger partial charge in [-0.2, -0.15) is 0 Å². The van der Waals surface area contributed by atoms with Gasteiger partial charge in [0.15, 0.2) is 0 Å². The molecule has 94 valence electrons. The summed E-state index contributed by atoms with van der Waals surface area (Å²) < 4.78 is 0. The number of rotatable bonds is 3. The highest BCUT2D eigenvalue weighted by Gasteiger charge is 2.30. The summed E-state index contributed by atoms with van der Waals surface area (Å²) in [7, 11) is 2.05. The molecule has 1 aromatic rings. The molecule has 0 aromatic heterocycles. The van der Waals surface area contributed by atoms with Gasteiger partial charge in [0.2, 0.25) is 0 Å². The van der Waals surface area contributed by atoms with Crippen LogP contribution in [0.1, 0.15) is 38.2 Å². The maximum atomic E-state index is 3.41. The fourth-order valence-electron chi connectivity index (χ4n) is 2.64. The van der Waals surface area contributed by atoms with Gasteiger partial charge in [-0.05, 0) is 51.8 Å². The molecule has 0 radical (unpaired) electrons. The Balaban J connectivity index is 2.08. The number of piperidine rings is 1. The van der Waals surface area contributed by atoms with E-state index >= 15 is 0 Å². The third-order valence-electron chi connectivity index (χ3n) is 4.09. The lowest BCUT2D eigenvalue weighted by Gasteiger charge is -2.43. The van der Waals surface area contributed by atoms with E-state index in [9.17, 15) is 0 Å². The summed E-state index contributed by atoms with van der Waals surface area (Å²) in [6, 6.07) is 10.9. The molecule has 0 spiro atoms. The van der Waals surface area contributed by atoms with Crippen LogP contribution in [0.15, 0.2) is 30.3 Å². The molecular weight excluding hydrogens is 208 g/mol. The Morgan fingerprint density at radius 1 is 1.24 bits per heavy atom. The maximum absolute atomic E-state index is 3.41. The zero-order chi connectivity index (χ0) is 12.3. The molecule has 0 aliphatic carbocycles. The minimum Gasteiger partial charge on any atom is -0.303 e. The lowest BCUT2D eigenvalue weighted by atomic mass is 9.89. The summed E-state index contributed by atoms with van der Waals surface area (Å²) in [5.41, 5.74) is 1.59. The molecule has 2 heteroatoms. The molecule has 1 aliphatic heterocycles. The van der Waals surface area contributed by atoms with Crippen molar-refractivity contribution in [2.24, 2.45) is 0 Å². The first kappa shape index (κ1) is 12.6. The highest BCUT2D eigenvalue weighted by Crippen LogP contribution is 2.29. The van der Waals surface area contributed by atoms with Crippen LogP contribution >= 0.6 is 0 Å². The second kappa shape index (κ2) is 5.19. The van der Waals surface area contributed by atoms with Gasteiger partial charge in [0.05, 0.1) is 5.66 Å². The smallest absolute Gasteiger partial charge is 0.0652 e. The van der Waals surface area contributed by atoms with Crippen molar-refractivity contribution in [3.05, 3.63) is 35.9 Å². The Morgan fingerprint density at radius 3 is 2.59 bits per heavy atom. The predicted octanol–water partition coefficient (Wildman–Crippen LogP) is 2.82. The van der Waals surface area contributed by atoms with Gasteiger partial charge >= 0.3 is 0 Å². The largest absolute Gasteiger partial charge is 0.303 e. The van der Waals surface area contributed by atoms with E-state index in [0.717, 1.165) is 6.54 Å². The minimum atomic E-state index is 0.105. The van der Waals surface area contributed by atoms with E-state index in [1.165, 1.54) is 24.9 Å². The maximum Gasteiger partial charge on any atom is 0.0652 e. The van der Waals surface area contributed by atoms with Crippen LogP contribution in [0.3, 0.4) is 0 Å². The van der Waals surface area contributed by atoms with Crippen molar-refractivity contribution >= 4 is 0 Å². The van der Waals surface area contributed by atoms with Crippen LogP contribution in [-0.2, 0) is 0 Å². The molecule has 17 heavy (non-hydrogen) atoms. The standard InChI is InChI=1S/C15H24N2/c1-15(2,16-3)17-11-7-10-14(12-17)13-8-5-4-6-9-13/h4-6,8-9,14,16H,7,10-12H2,1-3H3. The quantitative estimate of drug-likeness (QED) is 0.862. The number of benzene rings is 1. The molecule has 0 saturated carbocycles. The summed E-state index contributed by atoms with van der Waals surface area (Å²) in [6.07, 6.45) is 2.62. The van der Waals surface area contributed by atoms with Crippen LogP contribution in [0.5, 0.6) is 0 Å². The molecule has 1 atom stereocenters. The van der Waals surface area contributed by atoms with Crippen LogP contribution < -0.4 is 5.32 Å². The zero-order valence-electron chi connectivity index (χ0n) is 11.2. The van der Waals surface area contributed by atoms with Crippen LogP contribution in [0.2, 0.25) is 0 Å². The Morgan fingerprint density at radius 2 is 1.94 bits per heavy atom. The van der Waals surface area contributed by atoms with E-state index in [1.54, 1.807) is 0 Å². The van der Waals surface area contributed by atoms with E-state index in [0.29, 0.717) is 5.92 Å². The summed E-state index contributed by atoms with van der Waals surface area (Å²) in [4.78, 5) is 2.56. The van der Waals surface area contributed by atoms with Crippen molar-refractivity contribution in [1.29, 1.82) is 0 Å². The topological polar surface area (TPSA) is 15.3 Å². The first-order chi connectivity index (χ1) is 8.13. The summed E-state index contributed by atoms with van der Waals surface area (Å²) in [5.74, 6) is 0.692. The molecule has 1 heterocycles. The molecule has 1 aliphatic rings. The van der Waals surface area contributed by atoms with E-state index < -0.39 is 0 Å². The molecule has 0 amide bonds. The number of nitrogens with zero attached hydrogens (tertiary/aromatic N) is 1. The number of hydrogen-bond donors (Lipinski definition) is 1. The van der Waals surface area contributed by atoms with Crippen LogP contribution in [0, 0.1) is 0 Å². The van der Waals surface area contributed by atoms with E-state index in [-0.39, 0.29) is 5.66 Å². The van der Waals surface area contributed by atoms with Gasteiger partial charge in [-0.1, -0.05) is 30.3 Å². The van der Waals surface area contributed by atoms with E-state index in [1.807, 2.05) is 7.05 Å². The number of likely N-dealkylation sites (tertiary alicyclic amines) is 1. The summed E-state index contributed by atoms with van der Waals surface area (Å²) >= 11 is 0. The van der Waals surface area contributed by atoms with Crippen molar-refractivity contribution < 1.29 is 0 Å². The fraction of sp³-hybridized carbons (Fsp3) is 0.600. The summed E-state index contributed by atoms with van der Waals surface area (Å²) in [5, 5.41) is 3.41. The average Bonchev–Trinajstić information content (AvgIpc) is 2.40. The van der Waals surface area contributed by atoms with Crippen molar-refractivity contribution in [3.63, 3.8) is 0 Å². The normalized spacial score (nSPS) is 22.6. The van der Waals surface area contributed by atoms with Crippen molar-refractivity contribution in [2.45, 2.75) is 38.3 Å². The third-order valence-corrected chi connectivity index (χ3v) is 4.09. The van der Waals surface area contributed by atoms with Gasteiger partial charge in [-0.3, -0.25) is 4.90 Å². The monoisotopic (exact) mass is 232 g/mol. The molecular formula is C15H24N2. The van der Waals surface area contributed by atoms with E-state index in [2.05, 4.69) is 54.4 Å². The number of hydrogen-bond acceptors (Lipinski definition) is 2. The second-order valence-electron chi connectivity index (χ2n) is 5.50. The van der Waals surface area contributed by atoms with Crippen LogP contribution in [0.4, 0.5) is 0 Å².